The summed E-state index contributed by atoms with van der Waals surface area (Å²) in [6.45, 7) is 0.105. The largest absolute Gasteiger partial charge is 0.493 e. The Hall–Kier alpha value is -3.46. The van der Waals surface area contributed by atoms with Gasteiger partial charge in [0, 0.05) is 19.5 Å². The number of amides is 2. The molecule has 9 nitrogen and oxygen atoms in total. The van der Waals surface area contributed by atoms with Crippen molar-refractivity contribution in [2.24, 2.45) is 0 Å². The number of ether oxygens (including phenoxy) is 4. The third-order valence-corrected chi connectivity index (χ3v) is 4.71. The van der Waals surface area contributed by atoms with Gasteiger partial charge in [-0.15, -0.1) is 0 Å². The highest BCUT2D eigenvalue weighted by Gasteiger charge is 2.25. The monoisotopic (exact) mass is 430 g/mol. The Balaban J connectivity index is 1.46. The Morgan fingerprint density at radius 1 is 1.16 bits per heavy atom. The molecule has 1 atom stereocenters. The Morgan fingerprint density at radius 2 is 1.87 bits per heavy atom. The molecule has 0 saturated heterocycles. The van der Waals surface area contributed by atoms with E-state index in [1.807, 2.05) is 6.07 Å². The molecule has 0 fully saturated rings. The van der Waals surface area contributed by atoms with E-state index in [1.54, 1.807) is 36.4 Å². The lowest BCUT2D eigenvalue weighted by Crippen LogP contribution is -2.42. The quantitative estimate of drug-likeness (QED) is 0.586. The van der Waals surface area contributed by atoms with Gasteiger partial charge >= 0.3 is 0 Å². The number of para-hydroxylation sites is 3. The zero-order valence-corrected chi connectivity index (χ0v) is 17.5. The van der Waals surface area contributed by atoms with E-state index in [1.165, 1.54) is 19.1 Å². The van der Waals surface area contributed by atoms with Gasteiger partial charge in [-0.3, -0.25) is 9.59 Å². The summed E-state index contributed by atoms with van der Waals surface area (Å²) < 4.78 is 21.5. The van der Waals surface area contributed by atoms with Crippen molar-refractivity contribution in [3.8, 4) is 23.0 Å². The predicted molar refractivity (Wildman–Crippen MR) is 113 cm³/mol. The molecular weight excluding hydrogens is 404 g/mol. The lowest BCUT2D eigenvalue weighted by molar-refractivity contribution is -0.122. The van der Waals surface area contributed by atoms with Crippen LogP contribution in [0.5, 0.6) is 23.0 Å². The highest BCUT2D eigenvalue weighted by molar-refractivity contribution is 5.98. The van der Waals surface area contributed by atoms with Crippen molar-refractivity contribution < 1.29 is 33.6 Å². The van der Waals surface area contributed by atoms with Crippen LogP contribution >= 0.6 is 0 Å². The van der Waals surface area contributed by atoms with E-state index in [4.69, 9.17) is 18.9 Å². The molecule has 0 spiro atoms. The fraction of sp³-hybridized carbons (Fsp3) is 0.364. The molecule has 2 amide bonds. The molecule has 2 aromatic carbocycles. The van der Waals surface area contributed by atoms with Gasteiger partial charge in [-0.05, 0) is 24.3 Å². The smallest absolute Gasteiger partial charge is 0.265 e. The van der Waals surface area contributed by atoms with E-state index < -0.39 is 6.10 Å². The van der Waals surface area contributed by atoms with Crippen molar-refractivity contribution in [2.45, 2.75) is 12.5 Å². The van der Waals surface area contributed by atoms with Gasteiger partial charge in [0.2, 0.25) is 11.7 Å². The molecule has 0 aliphatic carbocycles. The maximum Gasteiger partial charge on any atom is 0.265 e. The molecule has 2 N–H and O–H groups in total. The van der Waals surface area contributed by atoms with Crippen molar-refractivity contribution >= 4 is 17.5 Å². The maximum atomic E-state index is 12.2. The molecule has 166 valence electrons. The van der Waals surface area contributed by atoms with Crippen molar-refractivity contribution in [2.75, 3.05) is 45.4 Å². The van der Waals surface area contributed by atoms with Crippen LogP contribution in [0.25, 0.3) is 0 Å². The first-order chi connectivity index (χ1) is 15.0. The van der Waals surface area contributed by atoms with Crippen LogP contribution in [0.4, 0.5) is 5.69 Å². The zero-order chi connectivity index (χ0) is 22.2. The van der Waals surface area contributed by atoms with Crippen LogP contribution < -0.4 is 29.2 Å². The summed E-state index contributed by atoms with van der Waals surface area (Å²) in [5.74, 6) is 1.46. The van der Waals surface area contributed by atoms with E-state index in [9.17, 15) is 14.7 Å². The minimum Gasteiger partial charge on any atom is -0.493 e. The minimum absolute atomic E-state index is 0.00391. The van der Waals surface area contributed by atoms with Gasteiger partial charge in [-0.25, -0.2) is 0 Å². The number of hydrogen-bond donors (Lipinski definition) is 2. The molecule has 1 unspecified atom stereocenters. The van der Waals surface area contributed by atoms with Gasteiger partial charge in [0.25, 0.3) is 5.91 Å². The predicted octanol–water partition coefficient (Wildman–Crippen LogP) is 1.38. The molecule has 3 rings (SSSR count). The van der Waals surface area contributed by atoms with Crippen molar-refractivity contribution in [1.82, 2.24) is 5.32 Å². The van der Waals surface area contributed by atoms with Crippen molar-refractivity contribution in [3.63, 3.8) is 0 Å². The number of anilines is 1. The summed E-state index contributed by atoms with van der Waals surface area (Å²) in [6.07, 6.45) is -0.849. The normalized spacial score (nSPS) is 13.6. The standard InChI is InChI=1S/C22H26N2O7/c1-28-18-8-5-9-19(29-2)22(18)31-13-15(25)12-23-20(26)10-11-24-16-6-3-4-7-17(16)30-14-21(24)27/h3-9,15,25H,10-14H2,1-2H3,(H,23,26). The van der Waals surface area contributed by atoms with Gasteiger partial charge in [0.05, 0.1) is 19.9 Å². The number of hydrogen-bond acceptors (Lipinski definition) is 7. The Bertz CT molecular complexity index is 896. The van der Waals surface area contributed by atoms with Gasteiger partial charge in [0.15, 0.2) is 18.1 Å². The molecule has 9 heteroatoms. The first kappa shape index (κ1) is 22.2. The molecule has 1 aliphatic rings. The first-order valence-corrected chi connectivity index (χ1v) is 9.84. The lowest BCUT2D eigenvalue weighted by atomic mass is 10.2. The lowest BCUT2D eigenvalue weighted by Gasteiger charge is -2.29. The topological polar surface area (TPSA) is 107 Å². The van der Waals surface area contributed by atoms with E-state index in [2.05, 4.69) is 5.32 Å². The number of rotatable bonds is 10. The SMILES string of the molecule is COc1cccc(OC)c1OCC(O)CNC(=O)CCN1C(=O)COc2ccccc21. The third kappa shape index (κ3) is 5.58. The average molecular weight is 430 g/mol. The van der Waals surface area contributed by atoms with Crippen LogP contribution in [0.3, 0.4) is 0 Å². The van der Waals surface area contributed by atoms with E-state index in [0.29, 0.717) is 28.7 Å². The zero-order valence-electron chi connectivity index (χ0n) is 17.5. The van der Waals surface area contributed by atoms with Gasteiger partial charge in [-0.2, -0.15) is 0 Å². The highest BCUT2D eigenvalue weighted by Crippen LogP contribution is 2.36. The van der Waals surface area contributed by atoms with Crippen LogP contribution in [-0.4, -0.2) is 63.5 Å². The number of aliphatic hydroxyl groups is 1. The number of nitrogens with zero attached hydrogens (tertiary/aromatic N) is 1. The van der Waals surface area contributed by atoms with Crippen molar-refractivity contribution in [1.29, 1.82) is 0 Å². The van der Waals surface area contributed by atoms with Crippen LogP contribution in [0.1, 0.15) is 6.42 Å². The van der Waals surface area contributed by atoms with E-state index in [-0.39, 0.29) is 44.5 Å². The molecule has 1 aliphatic heterocycles. The summed E-state index contributed by atoms with van der Waals surface area (Å²) in [5.41, 5.74) is 0.644. The maximum absolute atomic E-state index is 12.2. The van der Waals surface area contributed by atoms with Gasteiger partial charge in [0.1, 0.15) is 18.5 Å². The van der Waals surface area contributed by atoms with Gasteiger partial charge in [-0.1, -0.05) is 18.2 Å². The summed E-state index contributed by atoms with van der Waals surface area (Å²) >= 11 is 0. The average Bonchev–Trinajstić information content (AvgIpc) is 2.80. The summed E-state index contributed by atoms with van der Waals surface area (Å²) in [4.78, 5) is 25.9. The Kier molecular flexibility index (Phi) is 7.55. The molecule has 2 aromatic rings. The van der Waals surface area contributed by atoms with Crippen molar-refractivity contribution in [3.05, 3.63) is 42.5 Å². The second kappa shape index (κ2) is 10.5. The molecule has 0 aromatic heterocycles. The number of methoxy groups -OCH3 is 2. The van der Waals surface area contributed by atoms with Crippen LogP contribution in [-0.2, 0) is 9.59 Å². The number of fused-ring (bicyclic) bond motifs is 1. The molecule has 0 radical (unpaired) electrons. The Morgan fingerprint density at radius 3 is 2.58 bits per heavy atom. The second-order valence-corrected chi connectivity index (χ2v) is 6.81. The fourth-order valence-electron chi connectivity index (χ4n) is 3.13. The molecule has 31 heavy (non-hydrogen) atoms. The molecule has 0 bridgehead atoms. The second-order valence-electron chi connectivity index (χ2n) is 6.81. The van der Waals surface area contributed by atoms with E-state index >= 15 is 0 Å². The number of nitrogens with one attached hydrogen (secondary N) is 1. The first-order valence-electron chi connectivity index (χ1n) is 9.84. The van der Waals surface area contributed by atoms with Gasteiger partial charge < -0.3 is 34.3 Å². The number of carbonyl (C=O) groups is 2. The Labute approximate surface area is 180 Å². The highest BCUT2D eigenvalue weighted by atomic mass is 16.5. The van der Waals surface area contributed by atoms with Crippen LogP contribution in [0.2, 0.25) is 0 Å². The molecule has 0 saturated carbocycles. The number of aliphatic hydroxyl groups excluding tert-OH is 1. The van der Waals surface area contributed by atoms with Crippen LogP contribution in [0.15, 0.2) is 42.5 Å². The number of benzene rings is 2. The summed E-state index contributed by atoms with van der Waals surface area (Å²) in [5, 5.41) is 12.8. The summed E-state index contributed by atoms with van der Waals surface area (Å²) in [7, 11) is 3.02. The minimum atomic E-state index is -0.940. The van der Waals surface area contributed by atoms with E-state index in [0.717, 1.165) is 0 Å². The number of carbonyl (C=O) groups excluding carboxylic acids is 2. The summed E-state index contributed by atoms with van der Waals surface area (Å²) in [6, 6.07) is 12.4. The molecule has 1 heterocycles. The fourth-order valence-corrected chi connectivity index (χ4v) is 3.13. The molecular formula is C22H26N2O7. The third-order valence-electron chi connectivity index (χ3n) is 4.71. The van der Waals surface area contributed by atoms with Crippen LogP contribution in [0, 0.1) is 0 Å².